The number of amides is 1. The summed E-state index contributed by atoms with van der Waals surface area (Å²) in [5.74, 6) is 0.516. The summed E-state index contributed by atoms with van der Waals surface area (Å²) in [4.78, 5) is 14.9. The van der Waals surface area contributed by atoms with Crippen LogP contribution in [0.3, 0.4) is 0 Å². The van der Waals surface area contributed by atoms with E-state index in [9.17, 15) is 10.1 Å². The summed E-state index contributed by atoms with van der Waals surface area (Å²) >= 11 is 0. The first kappa shape index (κ1) is 15.7. The van der Waals surface area contributed by atoms with Gasteiger partial charge in [0.05, 0.1) is 18.0 Å². The summed E-state index contributed by atoms with van der Waals surface area (Å²) in [6, 6.07) is 19.9. The van der Waals surface area contributed by atoms with E-state index in [1.165, 1.54) is 0 Å². The van der Waals surface area contributed by atoms with Crippen LogP contribution in [-0.4, -0.2) is 29.5 Å². The Labute approximate surface area is 147 Å². The van der Waals surface area contributed by atoms with Crippen LogP contribution in [0.25, 0.3) is 0 Å². The van der Waals surface area contributed by atoms with Crippen LogP contribution in [0.4, 0.5) is 0 Å². The largest absolute Gasteiger partial charge is 0.480 e. The van der Waals surface area contributed by atoms with Crippen molar-refractivity contribution in [1.82, 2.24) is 4.90 Å². The van der Waals surface area contributed by atoms with Crippen LogP contribution in [0.15, 0.2) is 54.6 Å². The van der Waals surface area contributed by atoms with Crippen LogP contribution in [0, 0.1) is 11.3 Å². The molecule has 0 bridgehead atoms. The predicted molar refractivity (Wildman–Crippen MR) is 94.1 cm³/mol. The molecule has 3 atom stereocenters. The fourth-order valence-corrected chi connectivity index (χ4v) is 3.96. The number of rotatable bonds is 3. The lowest BCUT2D eigenvalue weighted by Crippen LogP contribution is -2.45. The highest BCUT2D eigenvalue weighted by molar-refractivity contribution is 5.83. The van der Waals surface area contributed by atoms with Crippen molar-refractivity contribution in [3.05, 3.63) is 65.7 Å². The minimum Gasteiger partial charge on any atom is -0.480 e. The maximum Gasteiger partial charge on any atom is 0.264 e. The number of fused-ring (bicyclic) bond motifs is 1. The third-order valence-corrected chi connectivity index (χ3v) is 5.19. The maximum atomic E-state index is 13.1. The van der Waals surface area contributed by atoms with Gasteiger partial charge in [0.1, 0.15) is 5.75 Å². The molecule has 4 nitrogen and oxygen atoms in total. The van der Waals surface area contributed by atoms with Gasteiger partial charge < -0.3 is 9.64 Å². The minimum atomic E-state index is -0.465. The van der Waals surface area contributed by atoms with Gasteiger partial charge in [-0.2, -0.15) is 5.26 Å². The molecule has 0 aliphatic carbocycles. The first-order chi connectivity index (χ1) is 12.3. The molecule has 3 unspecified atom stereocenters. The second-order valence-electron chi connectivity index (χ2n) is 6.68. The van der Waals surface area contributed by atoms with E-state index in [1.54, 1.807) is 0 Å². The van der Waals surface area contributed by atoms with E-state index in [4.69, 9.17) is 4.74 Å². The van der Waals surface area contributed by atoms with Crippen molar-refractivity contribution in [2.24, 2.45) is 0 Å². The van der Waals surface area contributed by atoms with Gasteiger partial charge in [-0.1, -0.05) is 48.5 Å². The molecule has 126 valence electrons. The average Bonchev–Trinajstić information content (AvgIpc) is 3.30. The minimum absolute atomic E-state index is 0.00915. The van der Waals surface area contributed by atoms with Crippen molar-refractivity contribution in [2.75, 3.05) is 6.54 Å². The summed E-state index contributed by atoms with van der Waals surface area (Å²) in [6.07, 6.45) is 1.94. The molecule has 0 N–H and O–H groups in total. The number of nitriles is 1. The molecule has 0 spiro atoms. The molecule has 2 aliphatic heterocycles. The third-order valence-electron chi connectivity index (χ3n) is 5.19. The van der Waals surface area contributed by atoms with Gasteiger partial charge in [-0.3, -0.25) is 4.79 Å². The molecule has 4 rings (SSSR count). The molecule has 1 amide bonds. The lowest BCUT2D eigenvalue weighted by atomic mass is 9.91. The van der Waals surface area contributed by atoms with Gasteiger partial charge in [0.2, 0.25) is 0 Å². The number of hydrogen-bond donors (Lipinski definition) is 0. The number of benzene rings is 2. The zero-order valence-corrected chi connectivity index (χ0v) is 14.0. The van der Waals surface area contributed by atoms with Gasteiger partial charge in [0, 0.05) is 13.0 Å². The van der Waals surface area contributed by atoms with E-state index in [0.717, 1.165) is 29.7 Å². The number of carbonyl (C=O) groups is 1. The molecule has 0 aromatic heterocycles. The van der Waals surface area contributed by atoms with E-state index < -0.39 is 6.10 Å². The first-order valence-corrected chi connectivity index (χ1v) is 8.77. The van der Waals surface area contributed by atoms with E-state index in [0.29, 0.717) is 13.0 Å². The Bertz CT molecular complexity index is 787. The Morgan fingerprint density at radius 1 is 1.16 bits per heavy atom. The second kappa shape index (κ2) is 6.60. The molecule has 4 heteroatoms. The van der Waals surface area contributed by atoms with Crippen molar-refractivity contribution in [3.63, 3.8) is 0 Å². The molecule has 0 saturated carbocycles. The van der Waals surface area contributed by atoms with Gasteiger partial charge in [0.15, 0.2) is 6.10 Å². The molecular weight excluding hydrogens is 312 g/mol. The number of para-hydroxylation sites is 1. The monoisotopic (exact) mass is 332 g/mol. The summed E-state index contributed by atoms with van der Waals surface area (Å²) in [5, 5.41) is 9.73. The van der Waals surface area contributed by atoms with Gasteiger partial charge in [0.25, 0.3) is 5.91 Å². The number of carbonyl (C=O) groups excluding carboxylic acids is 1. The van der Waals surface area contributed by atoms with Gasteiger partial charge in [-0.05, 0) is 30.0 Å². The number of nitrogens with zero attached hydrogens (tertiary/aromatic N) is 2. The normalized spacial score (nSPS) is 22.8. The van der Waals surface area contributed by atoms with E-state index >= 15 is 0 Å². The van der Waals surface area contributed by atoms with Crippen LogP contribution in [-0.2, 0) is 11.2 Å². The Hall–Kier alpha value is -2.80. The topological polar surface area (TPSA) is 53.3 Å². The molecule has 1 saturated heterocycles. The average molecular weight is 332 g/mol. The van der Waals surface area contributed by atoms with Gasteiger partial charge >= 0.3 is 0 Å². The van der Waals surface area contributed by atoms with Crippen LogP contribution >= 0.6 is 0 Å². The Balaban J connectivity index is 1.54. The van der Waals surface area contributed by atoms with E-state index in [-0.39, 0.29) is 17.9 Å². The molecule has 1 fully saturated rings. The number of ether oxygens (including phenoxy) is 1. The SMILES string of the molecule is N#CC(c1ccccc1)C1CCCN1C(=O)C1Cc2ccccc2O1. The summed E-state index contributed by atoms with van der Waals surface area (Å²) in [6.45, 7) is 0.699. The lowest BCUT2D eigenvalue weighted by Gasteiger charge is -2.30. The van der Waals surface area contributed by atoms with Crippen molar-refractivity contribution in [3.8, 4) is 11.8 Å². The molecule has 0 radical (unpaired) electrons. The highest BCUT2D eigenvalue weighted by atomic mass is 16.5. The van der Waals surface area contributed by atoms with Crippen molar-refractivity contribution in [1.29, 1.82) is 5.26 Å². The standard InChI is InChI=1S/C21H20N2O2/c22-14-17(15-7-2-1-3-8-15)18-10-6-12-23(18)21(24)20-13-16-9-4-5-11-19(16)25-20/h1-5,7-9,11,17-18,20H,6,10,12-13H2. The molecule has 2 heterocycles. The van der Waals surface area contributed by atoms with E-state index in [1.807, 2.05) is 59.5 Å². The lowest BCUT2D eigenvalue weighted by molar-refractivity contribution is -0.138. The van der Waals surface area contributed by atoms with Crippen molar-refractivity contribution < 1.29 is 9.53 Å². The third kappa shape index (κ3) is 2.87. The Kier molecular flexibility index (Phi) is 4.15. The maximum absolute atomic E-state index is 13.1. The van der Waals surface area contributed by atoms with Gasteiger partial charge in [-0.25, -0.2) is 0 Å². The highest BCUT2D eigenvalue weighted by Crippen LogP contribution is 2.34. The zero-order valence-electron chi connectivity index (χ0n) is 14.0. The van der Waals surface area contributed by atoms with E-state index in [2.05, 4.69) is 6.07 Å². The van der Waals surface area contributed by atoms with Crippen LogP contribution in [0.2, 0.25) is 0 Å². The summed E-state index contributed by atoms with van der Waals surface area (Å²) < 4.78 is 5.87. The van der Waals surface area contributed by atoms with Gasteiger partial charge in [-0.15, -0.1) is 0 Å². The molecule has 2 aromatic carbocycles. The van der Waals surface area contributed by atoms with Crippen molar-refractivity contribution in [2.45, 2.75) is 37.3 Å². The predicted octanol–water partition coefficient (Wildman–Crippen LogP) is 3.29. The Morgan fingerprint density at radius 2 is 1.92 bits per heavy atom. The molecule has 2 aromatic rings. The van der Waals surface area contributed by atoms with Crippen LogP contribution < -0.4 is 4.74 Å². The molecule has 2 aliphatic rings. The fourth-order valence-electron chi connectivity index (χ4n) is 3.96. The second-order valence-corrected chi connectivity index (χ2v) is 6.68. The zero-order chi connectivity index (χ0) is 17.2. The summed E-state index contributed by atoms with van der Waals surface area (Å²) in [5.41, 5.74) is 2.06. The Morgan fingerprint density at radius 3 is 2.68 bits per heavy atom. The first-order valence-electron chi connectivity index (χ1n) is 8.77. The van der Waals surface area contributed by atoms with Crippen molar-refractivity contribution >= 4 is 5.91 Å². The van der Waals surface area contributed by atoms with Crippen LogP contribution in [0.5, 0.6) is 5.75 Å². The fraction of sp³-hybridized carbons (Fsp3) is 0.333. The number of likely N-dealkylation sites (tertiary alicyclic amines) is 1. The smallest absolute Gasteiger partial charge is 0.264 e. The molecule has 25 heavy (non-hydrogen) atoms. The molecular formula is C21H20N2O2. The summed E-state index contributed by atoms with van der Waals surface area (Å²) in [7, 11) is 0. The highest BCUT2D eigenvalue weighted by Gasteiger charge is 2.40. The quantitative estimate of drug-likeness (QED) is 0.867. The number of hydrogen-bond acceptors (Lipinski definition) is 3. The van der Waals surface area contributed by atoms with Crippen LogP contribution in [0.1, 0.15) is 29.9 Å².